The van der Waals surface area contributed by atoms with Gasteiger partial charge < -0.3 is 0 Å². The van der Waals surface area contributed by atoms with Crippen LogP contribution in [0, 0.1) is 5.92 Å². The maximum atomic E-state index is 8.06. The fourth-order valence-corrected chi connectivity index (χ4v) is 24.7. The Kier molecular flexibility index (Phi) is 9.20. The molecule has 7 rings (SSSR count). The van der Waals surface area contributed by atoms with Crippen molar-refractivity contribution < 1.29 is 17.9 Å². The zero-order valence-corrected chi connectivity index (χ0v) is 33.8. The molecule has 1 aliphatic carbocycles. The monoisotopic (exact) mass is 748 g/mol. The summed E-state index contributed by atoms with van der Waals surface area (Å²) >= 11 is -4.12. The molecule has 1 heterocycles. The van der Waals surface area contributed by atoms with Gasteiger partial charge in [0.1, 0.15) is 0 Å². The van der Waals surface area contributed by atoms with E-state index in [9.17, 15) is 0 Å². The van der Waals surface area contributed by atoms with Gasteiger partial charge >= 0.3 is 298 Å². The van der Waals surface area contributed by atoms with Gasteiger partial charge in [0, 0.05) is 0 Å². The van der Waals surface area contributed by atoms with Gasteiger partial charge in [-0.2, -0.15) is 0 Å². The summed E-state index contributed by atoms with van der Waals surface area (Å²) in [5.41, 5.74) is 14.7. The molecule has 4 heteroatoms. The van der Waals surface area contributed by atoms with Crippen molar-refractivity contribution in [3.8, 4) is 33.4 Å². The number of rotatable bonds is 8. The Morgan fingerprint density at radius 3 is 2.02 bits per heavy atom. The van der Waals surface area contributed by atoms with Crippen LogP contribution in [0.5, 0.6) is 0 Å². The molecule has 1 aliphatic heterocycles. The predicted octanol–water partition coefficient (Wildman–Crippen LogP) is 10.6. The van der Waals surface area contributed by atoms with Crippen LogP contribution in [0.15, 0.2) is 109 Å². The molecule has 2 unspecified atom stereocenters. The van der Waals surface area contributed by atoms with Gasteiger partial charge in [0.2, 0.25) is 0 Å². The molecule has 0 radical (unpaired) electrons. The van der Waals surface area contributed by atoms with Crippen molar-refractivity contribution in [1.82, 2.24) is 0 Å². The first kappa shape index (κ1) is 33.0. The van der Waals surface area contributed by atoms with Crippen LogP contribution in [-0.4, -0.2) is 9.52 Å². The molecule has 238 valence electrons. The molecule has 2 aliphatic rings. The standard InChI is InChI=1S/C31H35.C12H9Si.2ClH.Zr/c1-7-22(6)27-15-24-13-14-29(23-11-9-8-10-12-23)31(30(24)19-27)28-17-25(20(2)3)16-26(18-28)21(4)5;1-3-7-11-9(5-1)10-6-2-4-8-12(10)13-11;;;/h8-22H,7H2,1-6H3;1-7H,13H2;2*1H;/q;;;;+2/p-2. The molecule has 2 atom stereocenters. The van der Waals surface area contributed by atoms with Crippen molar-refractivity contribution in [2.75, 3.05) is 0 Å². The Labute approximate surface area is 295 Å². The second-order valence-electron chi connectivity index (χ2n) is 14.2. The van der Waals surface area contributed by atoms with E-state index in [0.29, 0.717) is 17.8 Å². The number of hydrogen-bond acceptors (Lipinski definition) is 0. The predicted molar refractivity (Wildman–Crippen MR) is 207 cm³/mol. The van der Waals surface area contributed by atoms with Crippen LogP contribution < -0.4 is 13.6 Å². The minimum absolute atomic E-state index is 0.0585. The fraction of sp³-hybridized carbons (Fsp3) is 0.256. The molecule has 0 bridgehead atoms. The van der Waals surface area contributed by atoms with Crippen LogP contribution >= 0.6 is 17.0 Å². The Hall–Kier alpha value is -2.48. The molecular weight excluding hydrogens is 707 g/mol. The molecule has 0 saturated carbocycles. The van der Waals surface area contributed by atoms with Gasteiger partial charge in [-0.3, -0.25) is 0 Å². The quantitative estimate of drug-likeness (QED) is 0.136. The molecule has 0 amide bonds. The van der Waals surface area contributed by atoms with E-state index in [0.717, 1.165) is 6.42 Å². The van der Waals surface area contributed by atoms with Gasteiger partial charge in [0.05, 0.1) is 0 Å². The van der Waals surface area contributed by atoms with E-state index in [1.807, 2.05) is 0 Å². The molecule has 0 saturated heterocycles. The average Bonchev–Trinajstić information content (AvgIpc) is 3.67. The number of benzene rings is 5. The first-order chi connectivity index (χ1) is 22.6. The van der Waals surface area contributed by atoms with E-state index in [1.165, 1.54) is 74.9 Å². The number of hydrogen-bond donors (Lipinski definition) is 0. The van der Waals surface area contributed by atoms with Gasteiger partial charge in [-0.15, -0.1) is 0 Å². The molecule has 0 N–H and O–H groups in total. The van der Waals surface area contributed by atoms with Crippen LogP contribution in [0.4, 0.5) is 0 Å². The zero-order chi connectivity index (χ0) is 33.0. The van der Waals surface area contributed by atoms with Crippen molar-refractivity contribution in [2.24, 2.45) is 5.92 Å². The molecule has 0 fully saturated rings. The summed E-state index contributed by atoms with van der Waals surface area (Å²) < 4.78 is 1.36. The Bertz CT molecular complexity index is 1980. The molecule has 0 spiro atoms. The Morgan fingerprint density at radius 2 is 1.34 bits per heavy atom. The van der Waals surface area contributed by atoms with Crippen LogP contribution in [-0.2, 0) is 17.9 Å². The van der Waals surface area contributed by atoms with E-state index >= 15 is 0 Å². The topological polar surface area (TPSA) is 0 Å². The molecule has 0 aromatic heterocycles. The number of allylic oxidation sites excluding steroid dienone is 1. The van der Waals surface area contributed by atoms with Crippen LogP contribution in [0.2, 0.25) is 0 Å². The fourth-order valence-electron chi connectivity index (χ4n) is 7.82. The van der Waals surface area contributed by atoms with Gasteiger partial charge in [0.25, 0.3) is 0 Å². The summed E-state index contributed by atoms with van der Waals surface area (Å²) in [5.74, 6) is 1.26. The third-order valence-corrected chi connectivity index (χ3v) is 24.9. The molecular formula is C43H44Cl2SiZr. The summed E-state index contributed by atoms with van der Waals surface area (Å²) in [4.78, 5) is 0. The van der Waals surface area contributed by atoms with Gasteiger partial charge in [-0.25, -0.2) is 0 Å². The van der Waals surface area contributed by atoms with Crippen LogP contribution in [0.3, 0.4) is 0 Å². The second kappa shape index (κ2) is 13.1. The van der Waals surface area contributed by atoms with Crippen LogP contribution in [0.1, 0.15) is 85.7 Å². The third kappa shape index (κ3) is 5.82. The van der Waals surface area contributed by atoms with Crippen LogP contribution in [0.25, 0.3) is 39.5 Å². The SMILES string of the molecule is CCC(C)C1=Cc2c(ccc(-c3ccccc3)c2-c2cc(C(C)C)cc(C(C)C)c2)[CH]1[Zr]([Cl])([Cl])[c]1cccc2c1[SiH2]c1ccccc1-2. The summed E-state index contributed by atoms with van der Waals surface area (Å²) in [7, 11) is 15.5. The molecule has 0 nitrogen and oxygen atoms in total. The van der Waals surface area contributed by atoms with E-state index in [2.05, 4.69) is 151 Å². The average molecular weight is 751 g/mol. The molecule has 47 heavy (non-hydrogen) atoms. The Morgan fingerprint density at radius 1 is 0.681 bits per heavy atom. The zero-order valence-electron chi connectivity index (χ0n) is 28.4. The third-order valence-electron chi connectivity index (χ3n) is 10.7. The molecule has 5 aromatic carbocycles. The van der Waals surface area contributed by atoms with Crippen molar-refractivity contribution in [1.29, 1.82) is 0 Å². The maximum absolute atomic E-state index is 8.06. The molecule has 5 aromatic rings. The second-order valence-corrected chi connectivity index (χ2v) is 30.1. The first-order valence-electron chi connectivity index (χ1n) is 17.3. The van der Waals surface area contributed by atoms with Crippen molar-refractivity contribution >= 4 is 46.3 Å². The Balaban J connectivity index is 1.48. The van der Waals surface area contributed by atoms with E-state index in [1.54, 1.807) is 0 Å². The van der Waals surface area contributed by atoms with Gasteiger partial charge in [-0.1, -0.05) is 0 Å². The van der Waals surface area contributed by atoms with Gasteiger partial charge in [-0.05, 0) is 0 Å². The number of halogens is 2. The first-order valence-corrected chi connectivity index (χ1v) is 27.7. The normalized spacial score (nSPS) is 16.4. The summed E-state index contributed by atoms with van der Waals surface area (Å²) in [6, 6.07) is 38.6. The summed E-state index contributed by atoms with van der Waals surface area (Å²) in [5, 5.41) is 2.99. The minimum atomic E-state index is -4.12. The van der Waals surface area contributed by atoms with E-state index < -0.39 is 27.4 Å². The van der Waals surface area contributed by atoms with Crippen molar-refractivity contribution in [2.45, 2.75) is 63.4 Å². The van der Waals surface area contributed by atoms with Gasteiger partial charge in [0.15, 0.2) is 0 Å². The number of fused-ring (bicyclic) bond motifs is 4. The van der Waals surface area contributed by atoms with Crippen molar-refractivity contribution in [3.05, 3.63) is 131 Å². The summed E-state index contributed by atoms with van der Waals surface area (Å²) in [6.07, 6.45) is 3.57. The van der Waals surface area contributed by atoms with E-state index in [4.69, 9.17) is 17.0 Å². The van der Waals surface area contributed by atoms with Crippen molar-refractivity contribution in [3.63, 3.8) is 0 Å². The summed E-state index contributed by atoms with van der Waals surface area (Å²) in [6.45, 7) is 13.9. The van der Waals surface area contributed by atoms with E-state index in [-0.39, 0.29) is 3.63 Å².